The van der Waals surface area contributed by atoms with Crippen molar-refractivity contribution in [3.63, 3.8) is 0 Å². The van der Waals surface area contributed by atoms with Crippen molar-refractivity contribution in [1.29, 1.82) is 0 Å². The van der Waals surface area contributed by atoms with Gasteiger partial charge in [0.05, 0.1) is 0 Å². The van der Waals surface area contributed by atoms with Crippen molar-refractivity contribution in [3.05, 3.63) is 23.4 Å². The van der Waals surface area contributed by atoms with Gasteiger partial charge < -0.3 is 10.6 Å². The van der Waals surface area contributed by atoms with Crippen molar-refractivity contribution in [2.75, 3.05) is 31.6 Å². The summed E-state index contributed by atoms with van der Waals surface area (Å²) in [6.45, 7) is 9.90. The maximum Gasteiger partial charge on any atom is 0.131 e. The predicted octanol–water partition coefficient (Wildman–Crippen LogP) is 2.20. The zero-order chi connectivity index (χ0) is 15.4. The number of nitrogens with two attached hydrogens (primary N) is 1. The van der Waals surface area contributed by atoms with E-state index in [1.54, 1.807) is 0 Å². The van der Waals surface area contributed by atoms with Gasteiger partial charge >= 0.3 is 0 Å². The number of hydrogen-bond donors (Lipinski definition) is 1. The molecule has 1 fully saturated rings. The molecule has 0 spiro atoms. The zero-order valence-corrected chi connectivity index (χ0v) is 14.0. The second kappa shape index (κ2) is 7.23. The number of nitrogens with zero attached hydrogens (tertiary/aromatic N) is 3. The van der Waals surface area contributed by atoms with Crippen LogP contribution in [0.3, 0.4) is 0 Å². The Morgan fingerprint density at radius 2 is 2.29 bits per heavy atom. The number of aromatic nitrogens is 1. The second-order valence-electron chi connectivity index (χ2n) is 6.47. The number of anilines is 1. The molecule has 2 heterocycles. The first-order valence-electron chi connectivity index (χ1n) is 8.17. The van der Waals surface area contributed by atoms with E-state index < -0.39 is 0 Å². The van der Waals surface area contributed by atoms with Crippen LogP contribution >= 0.6 is 0 Å². The van der Waals surface area contributed by atoms with Gasteiger partial charge in [0.2, 0.25) is 0 Å². The summed E-state index contributed by atoms with van der Waals surface area (Å²) in [5.74, 6) is 1.10. The Labute approximate surface area is 129 Å². The van der Waals surface area contributed by atoms with Gasteiger partial charge in [0.15, 0.2) is 0 Å². The molecule has 4 nitrogen and oxygen atoms in total. The summed E-state index contributed by atoms with van der Waals surface area (Å²) in [7, 11) is 2.16. The normalized spacial score (nSPS) is 20.7. The van der Waals surface area contributed by atoms with Crippen molar-refractivity contribution in [3.8, 4) is 0 Å². The van der Waals surface area contributed by atoms with Crippen molar-refractivity contribution in [2.45, 2.75) is 52.1 Å². The molecule has 1 aliphatic rings. The van der Waals surface area contributed by atoms with Gasteiger partial charge in [0.25, 0.3) is 0 Å². The van der Waals surface area contributed by atoms with Gasteiger partial charge in [-0.25, -0.2) is 4.98 Å². The van der Waals surface area contributed by atoms with Gasteiger partial charge in [0.1, 0.15) is 5.82 Å². The fourth-order valence-corrected chi connectivity index (χ4v) is 3.43. The molecule has 0 aliphatic carbocycles. The molecule has 2 unspecified atom stereocenters. The van der Waals surface area contributed by atoms with Gasteiger partial charge in [0, 0.05) is 31.9 Å². The minimum Gasteiger partial charge on any atom is -0.358 e. The second-order valence-corrected chi connectivity index (χ2v) is 6.47. The molecular formula is C17H30N4. The van der Waals surface area contributed by atoms with Crippen LogP contribution in [0, 0.1) is 6.92 Å². The van der Waals surface area contributed by atoms with E-state index in [1.165, 1.54) is 30.5 Å². The lowest BCUT2D eigenvalue weighted by atomic mass is 10.1. The monoisotopic (exact) mass is 290 g/mol. The molecule has 2 N–H and O–H groups in total. The lowest BCUT2D eigenvalue weighted by Crippen LogP contribution is -2.39. The summed E-state index contributed by atoms with van der Waals surface area (Å²) >= 11 is 0. The number of pyridine rings is 1. The van der Waals surface area contributed by atoms with E-state index in [2.05, 4.69) is 41.7 Å². The van der Waals surface area contributed by atoms with Crippen LogP contribution in [0.4, 0.5) is 5.82 Å². The van der Waals surface area contributed by atoms with Gasteiger partial charge in [-0.1, -0.05) is 13.0 Å². The Hall–Kier alpha value is -1.13. The molecule has 1 aliphatic heterocycles. The first-order chi connectivity index (χ1) is 10.0. The highest BCUT2D eigenvalue weighted by molar-refractivity contribution is 5.47. The molecule has 1 aromatic rings. The van der Waals surface area contributed by atoms with Crippen LogP contribution in [0.1, 0.15) is 37.8 Å². The Bertz CT molecular complexity index is 458. The topological polar surface area (TPSA) is 45.4 Å². The molecule has 2 rings (SSSR count). The molecule has 21 heavy (non-hydrogen) atoms. The average molecular weight is 290 g/mol. The Balaban J connectivity index is 2.03. The van der Waals surface area contributed by atoms with E-state index in [1.807, 2.05) is 13.1 Å². The molecule has 4 heteroatoms. The zero-order valence-electron chi connectivity index (χ0n) is 14.0. The molecule has 0 aromatic carbocycles. The molecule has 0 amide bonds. The lowest BCUT2D eigenvalue weighted by molar-refractivity contribution is 0.270. The molecule has 1 aromatic heterocycles. The predicted molar refractivity (Wildman–Crippen MR) is 89.9 cm³/mol. The highest BCUT2D eigenvalue weighted by atomic mass is 15.2. The molecule has 2 atom stereocenters. The average Bonchev–Trinajstić information content (AvgIpc) is 2.85. The number of rotatable bonds is 6. The third-order valence-corrected chi connectivity index (χ3v) is 4.42. The van der Waals surface area contributed by atoms with E-state index >= 15 is 0 Å². The third-order valence-electron chi connectivity index (χ3n) is 4.42. The van der Waals surface area contributed by atoms with Gasteiger partial charge in [-0.2, -0.15) is 0 Å². The van der Waals surface area contributed by atoms with E-state index in [0.29, 0.717) is 6.04 Å². The maximum absolute atomic E-state index is 5.87. The summed E-state index contributed by atoms with van der Waals surface area (Å²) in [5, 5.41) is 0. The molecule has 1 saturated heterocycles. The third kappa shape index (κ3) is 4.17. The highest BCUT2D eigenvalue weighted by Gasteiger charge is 2.24. The summed E-state index contributed by atoms with van der Waals surface area (Å²) in [6, 6.07) is 3.09. The molecular weight excluding hydrogens is 260 g/mol. The first kappa shape index (κ1) is 16.2. The quantitative estimate of drug-likeness (QED) is 0.872. The molecule has 0 radical (unpaired) electrons. The Morgan fingerprint density at radius 3 is 2.90 bits per heavy atom. The molecule has 0 saturated carbocycles. The number of likely N-dealkylation sites (N-methyl/N-ethyl adjacent to an activating group) is 2. The number of aryl methyl sites for hydroxylation is 1. The fraction of sp³-hybridized carbons (Fsp3) is 0.706. The minimum absolute atomic E-state index is 0.186. The summed E-state index contributed by atoms with van der Waals surface area (Å²) in [4.78, 5) is 9.56. The van der Waals surface area contributed by atoms with Crippen LogP contribution in [0.25, 0.3) is 0 Å². The van der Waals surface area contributed by atoms with E-state index in [-0.39, 0.29) is 6.04 Å². The Kier molecular flexibility index (Phi) is 5.59. The smallest absolute Gasteiger partial charge is 0.131 e. The van der Waals surface area contributed by atoms with Crippen molar-refractivity contribution >= 4 is 5.82 Å². The van der Waals surface area contributed by atoms with Crippen LogP contribution in [0.2, 0.25) is 0 Å². The van der Waals surface area contributed by atoms with Crippen LogP contribution in [0.5, 0.6) is 0 Å². The molecule has 0 bridgehead atoms. The van der Waals surface area contributed by atoms with Crippen LogP contribution in [0.15, 0.2) is 12.3 Å². The van der Waals surface area contributed by atoms with Gasteiger partial charge in [-0.05, 0) is 57.3 Å². The Morgan fingerprint density at radius 1 is 1.52 bits per heavy atom. The number of hydrogen-bond acceptors (Lipinski definition) is 4. The van der Waals surface area contributed by atoms with E-state index in [4.69, 9.17) is 5.73 Å². The summed E-state index contributed by atoms with van der Waals surface area (Å²) in [6.07, 6.45) is 5.50. The molecule has 118 valence electrons. The standard InChI is InChI=1S/C17H30N4/c1-5-21-8-6-7-16(21)12-20(4)17-13(2)9-15(11-19-17)10-14(3)18/h9,11,14,16H,5-8,10,12,18H2,1-4H3. The van der Waals surface area contributed by atoms with Gasteiger partial charge in [-0.3, -0.25) is 4.90 Å². The summed E-state index contributed by atoms with van der Waals surface area (Å²) < 4.78 is 0. The largest absolute Gasteiger partial charge is 0.358 e. The maximum atomic E-state index is 5.87. The van der Waals surface area contributed by atoms with Crippen molar-refractivity contribution in [1.82, 2.24) is 9.88 Å². The van der Waals surface area contributed by atoms with Gasteiger partial charge in [-0.15, -0.1) is 0 Å². The summed E-state index contributed by atoms with van der Waals surface area (Å²) in [5.41, 5.74) is 8.35. The highest BCUT2D eigenvalue weighted by Crippen LogP contribution is 2.22. The number of likely N-dealkylation sites (tertiary alicyclic amines) is 1. The SMILES string of the molecule is CCN1CCCC1CN(C)c1ncc(CC(C)N)cc1C. The van der Waals surface area contributed by atoms with Crippen molar-refractivity contribution < 1.29 is 0 Å². The van der Waals surface area contributed by atoms with Crippen molar-refractivity contribution in [2.24, 2.45) is 5.73 Å². The van der Waals surface area contributed by atoms with Crippen LogP contribution in [-0.4, -0.2) is 48.6 Å². The minimum atomic E-state index is 0.186. The first-order valence-corrected chi connectivity index (χ1v) is 8.17. The van der Waals surface area contributed by atoms with E-state index in [0.717, 1.165) is 25.3 Å². The van der Waals surface area contributed by atoms with E-state index in [9.17, 15) is 0 Å². The van der Waals surface area contributed by atoms with Crippen LogP contribution in [-0.2, 0) is 6.42 Å². The van der Waals surface area contributed by atoms with Crippen LogP contribution < -0.4 is 10.6 Å². The lowest BCUT2D eigenvalue weighted by Gasteiger charge is -2.29. The fourth-order valence-electron chi connectivity index (χ4n) is 3.43.